The van der Waals surface area contributed by atoms with Gasteiger partial charge in [-0.2, -0.15) is 0 Å². The molecule has 0 unspecified atom stereocenters. The van der Waals surface area contributed by atoms with Crippen molar-refractivity contribution < 1.29 is 0 Å². The molecule has 0 spiro atoms. The smallest absolute Gasteiger partial charge is 0.112 e. The van der Waals surface area contributed by atoms with Crippen LogP contribution in [0.1, 0.15) is 5.56 Å². The number of rotatable bonds is 4. The molecular weight excluding hydrogens is 378 g/mol. The number of para-hydroxylation sites is 2. The zero-order chi connectivity index (χ0) is 20.7. The Morgan fingerprint density at radius 2 is 1.10 bits per heavy atom. The number of fused-ring (bicyclic) bond motifs is 3. The molecule has 0 bridgehead atoms. The third-order valence-corrected chi connectivity index (χ3v) is 9.85. The average Bonchev–Trinajstić information content (AvgIpc) is 3.14. The van der Waals surface area contributed by atoms with Crippen LogP contribution in [0.5, 0.6) is 0 Å². The van der Waals surface area contributed by atoms with Crippen LogP contribution >= 0.6 is 0 Å². The summed E-state index contributed by atoms with van der Waals surface area (Å²) in [6, 6.07) is 35.4. The summed E-state index contributed by atoms with van der Waals surface area (Å²) in [6.07, 6.45) is 1.90. The molecule has 1 heterocycles. The Morgan fingerprint density at radius 1 is 0.633 bits per heavy atom. The highest BCUT2D eigenvalue weighted by molar-refractivity contribution is 7.00. The van der Waals surface area contributed by atoms with E-state index in [9.17, 15) is 0 Å². The maximum Gasteiger partial charge on any atom is 0.112 e. The lowest BCUT2D eigenvalue weighted by molar-refractivity contribution is 1.18. The summed E-state index contributed by atoms with van der Waals surface area (Å²) >= 11 is 0. The summed E-state index contributed by atoms with van der Waals surface area (Å²) in [7, 11) is -1.75. The first-order valence-corrected chi connectivity index (χ1v) is 13.4. The number of benzene rings is 4. The minimum atomic E-state index is -1.75. The van der Waals surface area contributed by atoms with Crippen LogP contribution in [-0.2, 0) is 0 Å². The van der Waals surface area contributed by atoms with Gasteiger partial charge in [0.2, 0.25) is 0 Å². The van der Waals surface area contributed by atoms with Crippen LogP contribution < -0.4 is 10.4 Å². The van der Waals surface area contributed by atoms with E-state index in [1.54, 1.807) is 0 Å². The van der Waals surface area contributed by atoms with Crippen LogP contribution in [0, 0.1) is 0 Å². The summed E-state index contributed by atoms with van der Waals surface area (Å²) in [5, 5.41) is 5.49. The fraction of sp³-hybridized carbons (Fsp3) is 0.0714. The molecule has 1 nitrogen and oxygen atoms in total. The van der Waals surface area contributed by atoms with Gasteiger partial charge in [-0.3, -0.25) is 0 Å². The number of hydrogen-bond acceptors (Lipinski definition) is 0. The second kappa shape index (κ2) is 7.15. The fourth-order valence-corrected chi connectivity index (χ4v) is 6.76. The molecule has 30 heavy (non-hydrogen) atoms. The molecular formula is C28H25NSi. The molecule has 2 heteroatoms. The highest BCUT2D eigenvalue weighted by atomic mass is 28.3. The summed E-state index contributed by atoms with van der Waals surface area (Å²) in [6.45, 7) is 8.71. The number of nitrogens with zero attached hydrogens (tertiary/aromatic N) is 1. The van der Waals surface area contributed by atoms with Crippen LogP contribution in [0.25, 0.3) is 33.6 Å². The molecule has 0 aliphatic carbocycles. The van der Waals surface area contributed by atoms with E-state index >= 15 is 0 Å². The van der Waals surface area contributed by atoms with Gasteiger partial charge in [-0.1, -0.05) is 109 Å². The van der Waals surface area contributed by atoms with Gasteiger partial charge in [0.1, 0.15) is 8.07 Å². The van der Waals surface area contributed by atoms with Gasteiger partial charge in [-0.25, -0.2) is 0 Å². The molecule has 5 rings (SSSR count). The highest BCUT2D eigenvalue weighted by Crippen LogP contribution is 2.31. The van der Waals surface area contributed by atoms with Gasteiger partial charge in [0, 0.05) is 16.5 Å². The Kier molecular flexibility index (Phi) is 4.45. The molecule has 146 valence electrons. The maximum absolute atomic E-state index is 3.87. The predicted octanol–water partition coefficient (Wildman–Crippen LogP) is 6.25. The summed E-state index contributed by atoms with van der Waals surface area (Å²) in [5.74, 6) is 0. The SMILES string of the molecule is C=Cc1ccc([Si](C)(C)c2ccc(-n3c4ccccc4c4ccccc43)cc2)cc1. The Morgan fingerprint density at radius 3 is 1.60 bits per heavy atom. The molecule has 0 saturated heterocycles. The Bertz CT molecular complexity index is 1300. The zero-order valence-corrected chi connectivity index (χ0v) is 18.5. The minimum Gasteiger partial charge on any atom is -0.309 e. The van der Waals surface area contributed by atoms with Crippen LogP contribution in [0.15, 0.2) is 104 Å². The third kappa shape index (κ3) is 2.92. The summed E-state index contributed by atoms with van der Waals surface area (Å²) in [5.41, 5.74) is 4.89. The molecule has 0 aliphatic heterocycles. The average molecular weight is 404 g/mol. The van der Waals surface area contributed by atoms with Crippen molar-refractivity contribution in [2.75, 3.05) is 0 Å². The Hall–Kier alpha value is -3.36. The van der Waals surface area contributed by atoms with Gasteiger partial charge in [0.15, 0.2) is 0 Å². The summed E-state index contributed by atoms with van der Waals surface area (Å²) in [4.78, 5) is 0. The van der Waals surface area contributed by atoms with Crippen molar-refractivity contribution in [3.05, 3.63) is 109 Å². The monoisotopic (exact) mass is 403 g/mol. The maximum atomic E-state index is 3.87. The highest BCUT2D eigenvalue weighted by Gasteiger charge is 2.26. The molecule has 0 saturated carbocycles. The summed E-state index contributed by atoms with van der Waals surface area (Å²) < 4.78 is 2.38. The van der Waals surface area contributed by atoms with Gasteiger partial charge in [-0.05, 0) is 29.8 Å². The van der Waals surface area contributed by atoms with E-state index in [1.807, 2.05) is 6.08 Å². The van der Waals surface area contributed by atoms with Gasteiger partial charge >= 0.3 is 0 Å². The van der Waals surface area contributed by atoms with Crippen molar-refractivity contribution in [1.29, 1.82) is 0 Å². The van der Waals surface area contributed by atoms with Crippen molar-refractivity contribution in [1.82, 2.24) is 4.57 Å². The Labute approximate surface area is 178 Å². The van der Waals surface area contributed by atoms with Crippen molar-refractivity contribution in [3.8, 4) is 5.69 Å². The van der Waals surface area contributed by atoms with Crippen molar-refractivity contribution in [2.45, 2.75) is 13.1 Å². The molecule has 0 atom stereocenters. The van der Waals surface area contributed by atoms with E-state index in [0.717, 1.165) is 0 Å². The quantitative estimate of drug-likeness (QED) is 0.313. The van der Waals surface area contributed by atoms with Gasteiger partial charge in [0.05, 0.1) is 11.0 Å². The first-order chi connectivity index (χ1) is 14.6. The third-order valence-electron chi connectivity index (χ3n) is 6.30. The van der Waals surface area contributed by atoms with Crippen LogP contribution in [-0.4, -0.2) is 12.6 Å². The van der Waals surface area contributed by atoms with E-state index in [2.05, 4.69) is 121 Å². The second-order valence-electron chi connectivity index (χ2n) is 8.37. The predicted molar refractivity (Wildman–Crippen MR) is 134 cm³/mol. The van der Waals surface area contributed by atoms with Crippen LogP contribution in [0.3, 0.4) is 0 Å². The molecule has 0 N–H and O–H groups in total. The first kappa shape index (κ1) is 18.7. The zero-order valence-electron chi connectivity index (χ0n) is 17.5. The largest absolute Gasteiger partial charge is 0.309 e. The molecule has 0 radical (unpaired) electrons. The fourth-order valence-electron chi connectivity index (χ4n) is 4.43. The molecule has 0 amide bonds. The van der Waals surface area contributed by atoms with E-state index < -0.39 is 8.07 Å². The Balaban J connectivity index is 1.60. The lowest BCUT2D eigenvalue weighted by atomic mass is 10.2. The second-order valence-corrected chi connectivity index (χ2v) is 12.8. The van der Waals surface area contributed by atoms with E-state index in [0.29, 0.717) is 0 Å². The molecule has 4 aromatic carbocycles. The van der Waals surface area contributed by atoms with Crippen LogP contribution in [0.4, 0.5) is 0 Å². The van der Waals surface area contributed by atoms with E-state index in [1.165, 1.54) is 43.4 Å². The molecule has 0 fully saturated rings. The van der Waals surface area contributed by atoms with Gasteiger partial charge < -0.3 is 4.57 Å². The first-order valence-electron chi connectivity index (χ1n) is 10.4. The van der Waals surface area contributed by atoms with Crippen molar-refractivity contribution >= 4 is 46.3 Å². The van der Waals surface area contributed by atoms with Gasteiger partial charge in [0.25, 0.3) is 0 Å². The minimum absolute atomic E-state index is 1.17. The van der Waals surface area contributed by atoms with Crippen molar-refractivity contribution in [2.24, 2.45) is 0 Å². The molecule has 0 aliphatic rings. The van der Waals surface area contributed by atoms with Crippen molar-refractivity contribution in [3.63, 3.8) is 0 Å². The topological polar surface area (TPSA) is 4.93 Å². The molecule has 1 aromatic heterocycles. The van der Waals surface area contributed by atoms with E-state index in [4.69, 9.17) is 0 Å². The normalized spacial score (nSPS) is 11.8. The number of aromatic nitrogens is 1. The lowest BCUT2D eigenvalue weighted by Gasteiger charge is -2.24. The lowest BCUT2D eigenvalue weighted by Crippen LogP contribution is -2.52. The number of hydrogen-bond donors (Lipinski definition) is 0. The standard InChI is InChI=1S/C28H25NSi/c1-4-21-13-17-23(18-14-21)30(2,3)24-19-15-22(16-20-24)29-27-11-7-5-9-25(27)26-10-6-8-12-28(26)29/h4-20H,1H2,2-3H3. The van der Waals surface area contributed by atoms with Gasteiger partial charge in [-0.15, -0.1) is 0 Å². The van der Waals surface area contributed by atoms with E-state index in [-0.39, 0.29) is 0 Å². The molecule has 5 aromatic rings. The van der Waals surface area contributed by atoms with Crippen LogP contribution in [0.2, 0.25) is 13.1 Å².